The molecule has 0 unspecified atom stereocenters. The van der Waals surface area contributed by atoms with Gasteiger partial charge in [-0.05, 0) is 19.8 Å². The Kier molecular flexibility index (Phi) is 2.95. The van der Waals surface area contributed by atoms with Crippen molar-refractivity contribution >= 4 is 21.4 Å². The zero-order valence-corrected chi connectivity index (χ0v) is 11.3. The molecule has 98 valence electrons. The molecule has 7 heteroatoms. The van der Waals surface area contributed by atoms with Gasteiger partial charge in [-0.25, -0.2) is 4.98 Å². The molecule has 3 rings (SSSR count). The zero-order chi connectivity index (χ0) is 13.4. The van der Waals surface area contributed by atoms with E-state index in [9.17, 15) is 4.79 Å². The number of rotatable bonds is 4. The van der Waals surface area contributed by atoms with Crippen molar-refractivity contribution in [1.29, 1.82) is 5.26 Å². The lowest BCUT2D eigenvalue weighted by molar-refractivity contribution is 0.662. The van der Waals surface area contributed by atoms with Crippen LogP contribution >= 0.6 is 11.3 Å². The van der Waals surface area contributed by atoms with E-state index in [1.54, 1.807) is 0 Å². The first-order valence-corrected chi connectivity index (χ1v) is 7.02. The Bertz CT molecular complexity index is 696. The molecule has 1 saturated carbocycles. The van der Waals surface area contributed by atoms with Gasteiger partial charge in [0.25, 0.3) is 5.56 Å². The molecule has 0 amide bonds. The molecule has 2 heterocycles. The van der Waals surface area contributed by atoms with Crippen LogP contribution in [0.5, 0.6) is 0 Å². The minimum absolute atomic E-state index is 0.0581. The number of nitrogens with zero attached hydrogens (tertiary/aromatic N) is 5. The molecule has 0 radical (unpaired) electrons. The van der Waals surface area contributed by atoms with Crippen LogP contribution < -0.4 is 10.5 Å². The first-order valence-electron chi connectivity index (χ1n) is 6.20. The van der Waals surface area contributed by atoms with Gasteiger partial charge in [0.2, 0.25) is 10.1 Å². The van der Waals surface area contributed by atoms with Crippen molar-refractivity contribution in [3.63, 3.8) is 0 Å². The third-order valence-electron chi connectivity index (χ3n) is 3.08. The van der Waals surface area contributed by atoms with Crippen LogP contribution in [-0.4, -0.2) is 27.2 Å². The van der Waals surface area contributed by atoms with Crippen LogP contribution in [0.15, 0.2) is 17.1 Å². The van der Waals surface area contributed by atoms with E-state index in [-0.39, 0.29) is 11.5 Å². The molecule has 1 aliphatic rings. The monoisotopic (exact) mass is 275 g/mol. The van der Waals surface area contributed by atoms with E-state index >= 15 is 0 Å². The van der Waals surface area contributed by atoms with E-state index < -0.39 is 0 Å². The van der Waals surface area contributed by atoms with Gasteiger partial charge in [-0.3, -0.25) is 4.79 Å². The van der Waals surface area contributed by atoms with Crippen molar-refractivity contribution in [2.45, 2.75) is 25.8 Å². The molecule has 0 bridgehead atoms. The Hall–Kier alpha value is -1.94. The molecular weight excluding hydrogens is 262 g/mol. The molecule has 1 fully saturated rings. The van der Waals surface area contributed by atoms with E-state index in [0.29, 0.717) is 17.5 Å². The van der Waals surface area contributed by atoms with Crippen LogP contribution in [-0.2, 0) is 0 Å². The zero-order valence-electron chi connectivity index (χ0n) is 10.5. The van der Waals surface area contributed by atoms with Crippen LogP contribution in [0, 0.1) is 17.2 Å². The number of fused-ring (bicyclic) bond motifs is 1. The topological polar surface area (TPSA) is 74.3 Å². The van der Waals surface area contributed by atoms with Crippen molar-refractivity contribution in [3.8, 4) is 6.07 Å². The third-order valence-corrected chi connectivity index (χ3v) is 4.04. The molecular formula is C12H13N5OS. The number of hydrogen-bond acceptors (Lipinski definition) is 6. The third kappa shape index (κ3) is 2.31. The van der Waals surface area contributed by atoms with Crippen molar-refractivity contribution in [1.82, 2.24) is 14.6 Å². The average Bonchev–Trinajstić information content (AvgIpc) is 3.14. The highest BCUT2D eigenvalue weighted by Crippen LogP contribution is 2.34. The Balaban J connectivity index is 1.98. The van der Waals surface area contributed by atoms with Gasteiger partial charge in [0.05, 0.1) is 12.0 Å². The fourth-order valence-electron chi connectivity index (χ4n) is 1.96. The van der Waals surface area contributed by atoms with Crippen molar-refractivity contribution in [3.05, 3.63) is 22.6 Å². The molecule has 0 spiro atoms. The van der Waals surface area contributed by atoms with Crippen molar-refractivity contribution < 1.29 is 0 Å². The van der Waals surface area contributed by atoms with Crippen molar-refractivity contribution in [2.75, 3.05) is 11.4 Å². The van der Waals surface area contributed by atoms with Crippen LogP contribution in [0.4, 0.5) is 5.13 Å². The predicted molar refractivity (Wildman–Crippen MR) is 72.3 cm³/mol. The molecule has 2 aromatic rings. The van der Waals surface area contributed by atoms with Gasteiger partial charge < -0.3 is 4.90 Å². The Morgan fingerprint density at radius 1 is 1.68 bits per heavy atom. The average molecular weight is 275 g/mol. The minimum Gasteiger partial charge on any atom is -0.342 e. The maximum Gasteiger partial charge on any atom is 0.275 e. The summed E-state index contributed by atoms with van der Waals surface area (Å²) in [5.41, 5.74) is -0.170. The van der Waals surface area contributed by atoms with E-state index in [2.05, 4.69) is 21.1 Å². The molecule has 0 aliphatic heterocycles. The fourth-order valence-corrected chi connectivity index (χ4v) is 2.91. The minimum atomic E-state index is -0.170. The maximum atomic E-state index is 11.7. The Morgan fingerprint density at radius 3 is 3.11 bits per heavy atom. The molecule has 19 heavy (non-hydrogen) atoms. The Morgan fingerprint density at radius 2 is 2.47 bits per heavy atom. The predicted octanol–water partition coefficient (Wildman–Crippen LogP) is 1.28. The second kappa shape index (κ2) is 4.63. The first-order chi connectivity index (χ1) is 9.19. The summed E-state index contributed by atoms with van der Waals surface area (Å²) in [5, 5.41) is 14.1. The van der Waals surface area contributed by atoms with Gasteiger partial charge in [0, 0.05) is 24.8 Å². The van der Waals surface area contributed by atoms with Gasteiger partial charge >= 0.3 is 0 Å². The summed E-state index contributed by atoms with van der Waals surface area (Å²) < 4.78 is 1.33. The normalized spacial score (nSPS) is 16.2. The highest BCUT2D eigenvalue weighted by atomic mass is 32.1. The lowest BCUT2D eigenvalue weighted by Gasteiger charge is -2.21. The number of nitriles is 1. The quantitative estimate of drug-likeness (QED) is 0.840. The van der Waals surface area contributed by atoms with Gasteiger partial charge in [-0.15, -0.1) is 5.10 Å². The summed E-state index contributed by atoms with van der Waals surface area (Å²) >= 11 is 1.40. The summed E-state index contributed by atoms with van der Waals surface area (Å²) in [6.45, 7) is 2.54. The summed E-state index contributed by atoms with van der Waals surface area (Å²) in [7, 11) is 0. The highest BCUT2D eigenvalue weighted by Gasteiger charge is 2.32. The molecule has 0 N–H and O–H groups in total. The fraction of sp³-hybridized carbons (Fsp3) is 0.500. The lowest BCUT2D eigenvalue weighted by atomic mass is 10.2. The van der Waals surface area contributed by atoms with Crippen LogP contribution in [0.3, 0.4) is 0 Å². The number of anilines is 1. The second-order valence-electron chi connectivity index (χ2n) is 4.78. The molecule has 0 saturated heterocycles. The second-order valence-corrected chi connectivity index (χ2v) is 5.71. The molecule has 6 nitrogen and oxygen atoms in total. The molecule has 2 aromatic heterocycles. The highest BCUT2D eigenvalue weighted by molar-refractivity contribution is 7.20. The van der Waals surface area contributed by atoms with Gasteiger partial charge in [-0.2, -0.15) is 9.78 Å². The van der Waals surface area contributed by atoms with Gasteiger partial charge in [0.1, 0.15) is 0 Å². The smallest absolute Gasteiger partial charge is 0.275 e. The van der Waals surface area contributed by atoms with E-state index in [1.807, 2.05) is 6.92 Å². The van der Waals surface area contributed by atoms with Crippen LogP contribution in [0.2, 0.25) is 0 Å². The maximum absolute atomic E-state index is 11.7. The summed E-state index contributed by atoms with van der Waals surface area (Å²) in [6, 6.07) is 4.09. The first kappa shape index (κ1) is 12.1. The standard InChI is InChI=1S/C12H13N5OS/c1-8(6-13)7-16(9-2-3-9)12-15-17-10(18)4-5-14-11(17)19-12/h4-5,8-9H,2-3,7H2,1H3/t8-/m1/s1. The van der Waals surface area contributed by atoms with E-state index in [4.69, 9.17) is 5.26 Å². The largest absolute Gasteiger partial charge is 0.342 e. The number of hydrogen-bond donors (Lipinski definition) is 0. The molecule has 1 atom stereocenters. The lowest BCUT2D eigenvalue weighted by Crippen LogP contribution is -2.30. The van der Waals surface area contributed by atoms with E-state index in [0.717, 1.165) is 18.0 Å². The summed E-state index contributed by atoms with van der Waals surface area (Å²) in [6.07, 6.45) is 3.74. The molecule has 1 aliphatic carbocycles. The Labute approximate surface area is 113 Å². The summed E-state index contributed by atoms with van der Waals surface area (Å²) in [5.74, 6) is -0.0581. The van der Waals surface area contributed by atoms with Gasteiger partial charge in [-0.1, -0.05) is 11.3 Å². The van der Waals surface area contributed by atoms with Gasteiger partial charge in [0.15, 0.2) is 0 Å². The summed E-state index contributed by atoms with van der Waals surface area (Å²) in [4.78, 5) is 18.6. The van der Waals surface area contributed by atoms with Crippen LogP contribution in [0.1, 0.15) is 19.8 Å². The molecule has 0 aromatic carbocycles. The SMILES string of the molecule is C[C@H](C#N)CN(c1nn2c(=O)ccnc2s1)C1CC1. The van der Waals surface area contributed by atoms with E-state index in [1.165, 1.54) is 28.1 Å². The number of aromatic nitrogens is 3. The van der Waals surface area contributed by atoms with Crippen LogP contribution in [0.25, 0.3) is 4.96 Å². The van der Waals surface area contributed by atoms with Crippen molar-refractivity contribution in [2.24, 2.45) is 5.92 Å².